The Labute approximate surface area is 175 Å². The molecule has 152 valence electrons. The lowest BCUT2D eigenvalue weighted by atomic mass is 10.1. The van der Waals surface area contributed by atoms with E-state index in [1.807, 2.05) is 24.5 Å². The molecule has 28 heavy (non-hydrogen) atoms. The second-order valence-corrected chi connectivity index (χ2v) is 9.13. The number of nitrogens with zero attached hydrogens (tertiary/aromatic N) is 1. The minimum Gasteiger partial charge on any atom is -0.495 e. The Morgan fingerprint density at radius 3 is 2.54 bits per heavy atom. The summed E-state index contributed by atoms with van der Waals surface area (Å²) in [6.07, 6.45) is 3.22. The average molecular weight is 443 g/mol. The van der Waals surface area contributed by atoms with Crippen molar-refractivity contribution in [2.75, 3.05) is 29.2 Å². The fourth-order valence-electron chi connectivity index (χ4n) is 2.83. The highest BCUT2D eigenvalue weighted by molar-refractivity contribution is 7.98. The smallest absolute Gasteiger partial charge is 0.248 e. The third kappa shape index (κ3) is 5.12. The molecule has 0 aliphatic carbocycles. The molecule has 0 saturated carbocycles. The van der Waals surface area contributed by atoms with E-state index in [1.165, 1.54) is 24.9 Å². The van der Waals surface area contributed by atoms with Crippen molar-refractivity contribution in [2.24, 2.45) is 0 Å². The van der Waals surface area contributed by atoms with Crippen molar-refractivity contribution < 1.29 is 17.9 Å². The largest absolute Gasteiger partial charge is 0.495 e. The molecular formula is C19H23ClN2O4S2. The number of benzene rings is 2. The van der Waals surface area contributed by atoms with Crippen molar-refractivity contribution in [3.8, 4) is 5.75 Å². The fourth-order valence-corrected chi connectivity index (χ4v) is 4.76. The van der Waals surface area contributed by atoms with E-state index in [0.29, 0.717) is 16.5 Å². The van der Waals surface area contributed by atoms with Crippen molar-refractivity contribution in [1.29, 1.82) is 0 Å². The fraction of sp³-hybridized carbons (Fsp3) is 0.316. The summed E-state index contributed by atoms with van der Waals surface area (Å²) in [5.41, 5.74) is 0.850. The number of hydrogen-bond acceptors (Lipinski definition) is 5. The number of amides is 1. The minimum atomic E-state index is -3.80. The van der Waals surface area contributed by atoms with E-state index in [1.54, 1.807) is 25.1 Å². The van der Waals surface area contributed by atoms with Crippen molar-refractivity contribution >= 4 is 50.7 Å². The van der Waals surface area contributed by atoms with Crippen LogP contribution in [0.25, 0.3) is 0 Å². The molecule has 1 N–H and O–H groups in total. The molecule has 9 heteroatoms. The van der Waals surface area contributed by atoms with Gasteiger partial charge in [-0.15, -0.1) is 11.8 Å². The zero-order valence-electron chi connectivity index (χ0n) is 16.1. The maximum atomic E-state index is 13.1. The Balaban J connectivity index is 2.50. The van der Waals surface area contributed by atoms with Crippen molar-refractivity contribution in [3.63, 3.8) is 0 Å². The molecule has 2 aromatic rings. The van der Waals surface area contributed by atoms with Gasteiger partial charge < -0.3 is 10.1 Å². The number of carbonyl (C=O) groups is 1. The van der Waals surface area contributed by atoms with Gasteiger partial charge in [0.25, 0.3) is 0 Å². The third-order valence-corrected chi connectivity index (χ3v) is 6.27. The van der Waals surface area contributed by atoms with Gasteiger partial charge in [0.2, 0.25) is 15.9 Å². The zero-order valence-corrected chi connectivity index (χ0v) is 18.5. The summed E-state index contributed by atoms with van der Waals surface area (Å²) in [6.45, 7) is 1.75. The van der Waals surface area contributed by atoms with Crippen LogP contribution in [0.5, 0.6) is 5.75 Å². The van der Waals surface area contributed by atoms with Gasteiger partial charge in [0, 0.05) is 9.92 Å². The first-order chi connectivity index (χ1) is 13.2. The van der Waals surface area contributed by atoms with E-state index >= 15 is 0 Å². The molecule has 6 nitrogen and oxygen atoms in total. The van der Waals surface area contributed by atoms with Crippen LogP contribution >= 0.6 is 23.4 Å². The van der Waals surface area contributed by atoms with Gasteiger partial charge in [-0.1, -0.05) is 30.7 Å². The Kier molecular flexibility index (Phi) is 7.63. The maximum absolute atomic E-state index is 13.1. The van der Waals surface area contributed by atoms with Crippen molar-refractivity contribution in [2.45, 2.75) is 24.3 Å². The minimum absolute atomic E-state index is 0.220. The van der Waals surface area contributed by atoms with Gasteiger partial charge >= 0.3 is 0 Å². The van der Waals surface area contributed by atoms with Crippen LogP contribution in [-0.4, -0.2) is 40.0 Å². The monoisotopic (exact) mass is 442 g/mol. The molecular weight excluding hydrogens is 420 g/mol. The molecule has 0 unspecified atom stereocenters. The van der Waals surface area contributed by atoms with Gasteiger partial charge in [0.1, 0.15) is 11.8 Å². The molecule has 1 amide bonds. The average Bonchev–Trinajstić information content (AvgIpc) is 2.65. The summed E-state index contributed by atoms with van der Waals surface area (Å²) in [5.74, 6) is -0.123. The molecule has 0 bridgehead atoms. The Bertz CT molecular complexity index is 951. The lowest BCUT2D eigenvalue weighted by Crippen LogP contribution is -2.47. The predicted octanol–water partition coefficient (Wildman–Crippen LogP) is 4.25. The summed E-state index contributed by atoms with van der Waals surface area (Å²) in [7, 11) is -2.37. The molecule has 0 aliphatic rings. The van der Waals surface area contributed by atoms with Gasteiger partial charge in [-0.2, -0.15) is 0 Å². The number of ether oxygens (including phenoxy) is 1. The lowest BCUT2D eigenvalue weighted by molar-refractivity contribution is -0.117. The summed E-state index contributed by atoms with van der Waals surface area (Å²) in [5, 5.41) is 3.19. The number of hydrogen-bond donors (Lipinski definition) is 1. The van der Waals surface area contributed by atoms with Gasteiger partial charge in [-0.3, -0.25) is 9.10 Å². The van der Waals surface area contributed by atoms with Crippen LogP contribution in [0.2, 0.25) is 5.02 Å². The molecule has 0 aliphatic heterocycles. The predicted molar refractivity (Wildman–Crippen MR) is 116 cm³/mol. The second kappa shape index (κ2) is 9.54. The van der Waals surface area contributed by atoms with Crippen molar-refractivity contribution in [3.05, 3.63) is 47.5 Å². The van der Waals surface area contributed by atoms with Crippen LogP contribution in [0.1, 0.15) is 13.3 Å². The van der Waals surface area contributed by atoms with Crippen LogP contribution in [0, 0.1) is 0 Å². The van der Waals surface area contributed by atoms with E-state index in [4.69, 9.17) is 16.3 Å². The molecule has 0 fully saturated rings. The van der Waals surface area contributed by atoms with Crippen molar-refractivity contribution in [1.82, 2.24) is 0 Å². The number of thioether (sulfide) groups is 1. The quantitative estimate of drug-likeness (QED) is 0.618. The van der Waals surface area contributed by atoms with E-state index in [9.17, 15) is 13.2 Å². The highest BCUT2D eigenvalue weighted by Crippen LogP contribution is 2.35. The summed E-state index contributed by atoms with van der Waals surface area (Å²) >= 11 is 7.58. The number of sulfonamides is 1. The third-order valence-electron chi connectivity index (χ3n) is 4.07. The Morgan fingerprint density at radius 1 is 1.29 bits per heavy atom. The SMILES string of the molecule is CC[C@@H](C(=O)Nc1ccccc1SC)N(c1cc(Cl)ccc1OC)S(C)(=O)=O. The van der Waals surface area contributed by atoms with E-state index in [0.717, 1.165) is 15.5 Å². The van der Waals surface area contributed by atoms with Gasteiger partial charge in [-0.25, -0.2) is 8.42 Å². The summed E-state index contributed by atoms with van der Waals surface area (Å²) in [4.78, 5) is 13.9. The van der Waals surface area contributed by atoms with Crippen LogP contribution in [0.4, 0.5) is 11.4 Å². The topological polar surface area (TPSA) is 75.7 Å². The number of methoxy groups -OCH3 is 1. The number of para-hydroxylation sites is 1. The maximum Gasteiger partial charge on any atom is 0.248 e. The zero-order chi connectivity index (χ0) is 20.9. The first kappa shape index (κ1) is 22.4. The first-order valence-corrected chi connectivity index (χ1v) is 11.9. The number of rotatable bonds is 8. The van der Waals surface area contributed by atoms with Crippen LogP contribution < -0.4 is 14.4 Å². The highest BCUT2D eigenvalue weighted by atomic mass is 35.5. The number of nitrogens with one attached hydrogen (secondary N) is 1. The lowest BCUT2D eigenvalue weighted by Gasteiger charge is -2.31. The number of anilines is 2. The van der Waals surface area contributed by atoms with Crippen LogP contribution in [0.3, 0.4) is 0 Å². The number of carbonyl (C=O) groups excluding carboxylic acids is 1. The molecule has 0 aromatic heterocycles. The number of halogens is 1. The Morgan fingerprint density at radius 2 is 1.96 bits per heavy atom. The molecule has 0 radical (unpaired) electrons. The molecule has 0 spiro atoms. The molecule has 0 heterocycles. The van der Waals surface area contributed by atoms with Crippen LogP contribution in [0.15, 0.2) is 47.4 Å². The van der Waals surface area contributed by atoms with E-state index in [2.05, 4.69) is 5.32 Å². The van der Waals surface area contributed by atoms with Crippen LogP contribution in [-0.2, 0) is 14.8 Å². The Hall–Kier alpha value is -1.90. The standard InChI is InChI=1S/C19H23ClN2O4S2/c1-5-15(19(23)21-14-8-6-7-9-18(14)27-3)22(28(4,24)25)16-12-13(20)10-11-17(16)26-2/h6-12,15H,5H2,1-4H3,(H,21,23)/t15-/m0/s1. The molecule has 0 saturated heterocycles. The molecule has 1 atom stereocenters. The second-order valence-electron chi connectivity index (χ2n) is 5.99. The summed E-state index contributed by atoms with van der Waals surface area (Å²) in [6, 6.07) is 11.0. The highest BCUT2D eigenvalue weighted by Gasteiger charge is 2.33. The molecule has 2 rings (SSSR count). The van der Waals surface area contributed by atoms with E-state index < -0.39 is 22.0 Å². The first-order valence-electron chi connectivity index (χ1n) is 8.49. The van der Waals surface area contributed by atoms with Gasteiger partial charge in [0.15, 0.2) is 0 Å². The summed E-state index contributed by atoms with van der Waals surface area (Å²) < 4.78 is 31.6. The van der Waals surface area contributed by atoms with Gasteiger partial charge in [0.05, 0.1) is 24.7 Å². The molecule has 2 aromatic carbocycles. The van der Waals surface area contributed by atoms with E-state index in [-0.39, 0.29) is 12.1 Å². The van der Waals surface area contributed by atoms with Gasteiger partial charge in [-0.05, 0) is 43.0 Å². The normalized spacial score (nSPS) is 12.3.